The first-order valence-electron chi connectivity index (χ1n) is 10.3. The van der Waals surface area contributed by atoms with Gasteiger partial charge in [-0.2, -0.15) is 0 Å². The highest BCUT2D eigenvalue weighted by Crippen LogP contribution is 2.33. The highest BCUT2D eigenvalue weighted by Gasteiger charge is 2.42. The van der Waals surface area contributed by atoms with E-state index in [4.69, 9.17) is 31.5 Å². The normalized spacial score (nSPS) is 17.0. The first-order valence-corrected chi connectivity index (χ1v) is 10.7. The van der Waals surface area contributed by atoms with Crippen molar-refractivity contribution >= 4 is 29.4 Å². The van der Waals surface area contributed by atoms with Crippen LogP contribution in [0.3, 0.4) is 0 Å². The number of nitrogens with zero attached hydrogens (tertiary/aromatic N) is 3. The summed E-state index contributed by atoms with van der Waals surface area (Å²) in [5.74, 6) is -0.935. The maximum atomic E-state index is 13.0. The molecule has 1 aromatic carbocycles. The Kier molecular flexibility index (Phi) is 6.45. The molecule has 4 rings (SSSR count). The van der Waals surface area contributed by atoms with Gasteiger partial charge in [-0.05, 0) is 31.2 Å². The molecule has 1 saturated carbocycles. The van der Waals surface area contributed by atoms with Crippen molar-refractivity contribution in [3.8, 4) is 0 Å². The molecule has 0 spiro atoms. The van der Waals surface area contributed by atoms with Crippen LogP contribution in [0.4, 0.5) is 5.95 Å². The van der Waals surface area contributed by atoms with Crippen LogP contribution >= 0.6 is 11.6 Å². The molecule has 0 saturated heterocycles. The van der Waals surface area contributed by atoms with E-state index in [1.54, 1.807) is 4.90 Å². The highest BCUT2D eigenvalue weighted by molar-refractivity contribution is 6.33. The molecular formula is C22H23ClN4O5. The van der Waals surface area contributed by atoms with Crippen LogP contribution in [0.5, 0.6) is 0 Å². The lowest BCUT2D eigenvalue weighted by Crippen LogP contribution is -2.49. The van der Waals surface area contributed by atoms with Gasteiger partial charge in [0.05, 0.1) is 17.8 Å². The molecule has 32 heavy (non-hydrogen) atoms. The van der Waals surface area contributed by atoms with E-state index in [0.29, 0.717) is 25.3 Å². The molecule has 2 aromatic rings. The number of carbonyl (C=O) groups excluding carboxylic acids is 2. The molecule has 0 radical (unpaired) electrons. The molecule has 1 aliphatic carbocycles. The molecule has 2 N–H and O–H groups in total. The summed E-state index contributed by atoms with van der Waals surface area (Å²) in [6, 6.07) is 9.61. The number of hydrogen-bond donors (Lipinski definition) is 1. The first-order chi connectivity index (χ1) is 15.5. The summed E-state index contributed by atoms with van der Waals surface area (Å²) < 4.78 is 16.3. The number of amides is 1. The predicted molar refractivity (Wildman–Crippen MR) is 115 cm³/mol. The van der Waals surface area contributed by atoms with Crippen molar-refractivity contribution in [1.29, 1.82) is 0 Å². The van der Waals surface area contributed by atoms with E-state index in [-0.39, 0.29) is 23.5 Å². The summed E-state index contributed by atoms with van der Waals surface area (Å²) >= 11 is 6.23. The summed E-state index contributed by atoms with van der Waals surface area (Å²) in [4.78, 5) is 35.4. The van der Waals surface area contributed by atoms with Crippen LogP contribution in [0.2, 0.25) is 5.02 Å². The second kappa shape index (κ2) is 9.44. The molecule has 0 unspecified atom stereocenters. The van der Waals surface area contributed by atoms with Crippen LogP contribution in [0.1, 0.15) is 48.2 Å². The number of carbonyl (C=O) groups is 2. The van der Waals surface area contributed by atoms with E-state index >= 15 is 0 Å². The van der Waals surface area contributed by atoms with E-state index in [1.165, 1.54) is 12.5 Å². The number of rotatable bonds is 7. The fraction of sp³-hybridized carbons (Fsp3) is 0.364. The number of benzene rings is 1. The Morgan fingerprint density at radius 2 is 1.94 bits per heavy atom. The molecule has 1 amide bonds. The van der Waals surface area contributed by atoms with Crippen LogP contribution in [0, 0.1) is 0 Å². The summed E-state index contributed by atoms with van der Waals surface area (Å²) in [6.45, 7) is 0.418. The molecule has 2 aliphatic rings. The molecule has 10 heteroatoms. The van der Waals surface area contributed by atoms with E-state index in [1.807, 2.05) is 30.3 Å². The predicted octanol–water partition coefficient (Wildman–Crippen LogP) is 3.28. The largest absolute Gasteiger partial charge is 0.459 e. The fourth-order valence-electron chi connectivity index (χ4n) is 3.77. The number of aromatic nitrogens is 2. The number of anilines is 1. The van der Waals surface area contributed by atoms with Gasteiger partial charge >= 0.3 is 5.97 Å². The standard InChI is InChI=1S/C22H23ClN4O5/c23-16-11-25-21(27(17-13-30-14-31-17)12-15-7-3-1-4-8-15)26-18(16)19(28)32-22(20(24)29)9-5-2-6-10-22/h1,3-4,7-8,11,13H,2,5-6,9-10,12,14H2,(H2,24,29). The first kappa shape index (κ1) is 21.9. The van der Waals surface area contributed by atoms with Crippen LogP contribution in [-0.2, 0) is 25.5 Å². The summed E-state index contributed by atoms with van der Waals surface area (Å²) in [7, 11) is 0. The summed E-state index contributed by atoms with van der Waals surface area (Å²) in [5, 5.41) is 0.00594. The van der Waals surface area contributed by atoms with Gasteiger partial charge in [0, 0.05) is 0 Å². The Hall–Kier alpha value is -3.33. The van der Waals surface area contributed by atoms with Gasteiger partial charge in [0.1, 0.15) is 6.26 Å². The highest BCUT2D eigenvalue weighted by atomic mass is 35.5. The van der Waals surface area contributed by atoms with Crippen LogP contribution in [0.15, 0.2) is 48.7 Å². The van der Waals surface area contributed by atoms with Crippen molar-refractivity contribution in [2.75, 3.05) is 11.7 Å². The Labute approximate surface area is 190 Å². The topological polar surface area (TPSA) is 117 Å². The monoisotopic (exact) mass is 458 g/mol. The van der Waals surface area contributed by atoms with E-state index in [0.717, 1.165) is 24.8 Å². The Bertz CT molecular complexity index is 1020. The summed E-state index contributed by atoms with van der Waals surface area (Å²) in [5.41, 5.74) is 5.04. The third-order valence-corrected chi connectivity index (χ3v) is 5.75. The Morgan fingerprint density at radius 3 is 2.59 bits per heavy atom. The summed E-state index contributed by atoms with van der Waals surface area (Å²) in [6.07, 6.45) is 5.96. The molecule has 168 valence electrons. The lowest BCUT2D eigenvalue weighted by Gasteiger charge is -2.33. The number of ether oxygens (including phenoxy) is 3. The second-order valence-corrected chi connectivity index (χ2v) is 8.04. The van der Waals surface area contributed by atoms with Gasteiger partial charge in [-0.25, -0.2) is 14.8 Å². The van der Waals surface area contributed by atoms with E-state index in [9.17, 15) is 9.59 Å². The van der Waals surface area contributed by atoms with Gasteiger partial charge in [0.15, 0.2) is 11.3 Å². The van der Waals surface area contributed by atoms with Crippen LogP contribution in [0.25, 0.3) is 0 Å². The molecule has 0 bridgehead atoms. The quantitative estimate of drug-likeness (QED) is 0.628. The second-order valence-electron chi connectivity index (χ2n) is 7.63. The molecule has 0 atom stereocenters. The van der Waals surface area contributed by atoms with E-state index in [2.05, 4.69) is 9.97 Å². The van der Waals surface area contributed by atoms with Crippen molar-refractivity contribution in [2.24, 2.45) is 5.73 Å². The number of esters is 1. The van der Waals surface area contributed by atoms with Crippen molar-refractivity contribution in [3.05, 3.63) is 65.0 Å². The van der Waals surface area contributed by atoms with Crippen molar-refractivity contribution < 1.29 is 23.8 Å². The number of hydrogen-bond acceptors (Lipinski definition) is 8. The molecule has 1 fully saturated rings. The molecule has 1 aromatic heterocycles. The maximum absolute atomic E-state index is 13.0. The Balaban J connectivity index is 1.64. The van der Waals surface area contributed by atoms with Gasteiger partial charge < -0.3 is 19.9 Å². The van der Waals surface area contributed by atoms with Gasteiger partial charge in [-0.1, -0.05) is 48.4 Å². The minimum Gasteiger partial charge on any atom is -0.459 e. The minimum absolute atomic E-state index is 0.00594. The molecule has 2 heterocycles. The molecule has 1 aliphatic heterocycles. The van der Waals surface area contributed by atoms with Crippen molar-refractivity contribution in [3.63, 3.8) is 0 Å². The van der Waals surface area contributed by atoms with E-state index < -0.39 is 17.5 Å². The third-order valence-electron chi connectivity index (χ3n) is 5.47. The van der Waals surface area contributed by atoms with Gasteiger partial charge in [-0.15, -0.1) is 0 Å². The number of nitrogens with two attached hydrogens (primary N) is 1. The van der Waals surface area contributed by atoms with Crippen molar-refractivity contribution in [2.45, 2.75) is 44.2 Å². The van der Waals surface area contributed by atoms with Crippen LogP contribution in [-0.4, -0.2) is 34.2 Å². The average Bonchev–Trinajstić information content (AvgIpc) is 3.34. The lowest BCUT2D eigenvalue weighted by molar-refractivity contribution is -0.140. The lowest BCUT2D eigenvalue weighted by atomic mass is 9.84. The zero-order valence-electron chi connectivity index (χ0n) is 17.3. The van der Waals surface area contributed by atoms with Crippen molar-refractivity contribution in [1.82, 2.24) is 9.97 Å². The zero-order chi connectivity index (χ0) is 22.6. The average molecular weight is 459 g/mol. The van der Waals surface area contributed by atoms with Crippen LogP contribution < -0.4 is 10.6 Å². The number of primary amides is 1. The number of halogens is 1. The maximum Gasteiger partial charge on any atom is 0.359 e. The molecule has 9 nitrogen and oxygen atoms in total. The smallest absolute Gasteiger partial charge is 0.359 e. The van der Waals surface area contributed by atoms with Gasteiger partial charge in [0.2, 0.25) is 18.6 Å². The minimum atomic E-state index is -1.35. The SMILES string of the molecule is NC(=O)C1(OC(=O)c2nc(N(Cc3ccccc3)C3=COCO3)ncc2Cl)CCCCC1. The molecular weight excluding hydrogens is 436 g/mol. The zero-order valence-corrected chi connectivity index (χ0v) is 18.1. The Morgan fingerprint density at radius 1 is 1.19 bits per heavy atom. The third kappa shape index (κ3) is 4.62. The van der Waals surface area contributed by atoms with Gasteiger partial charge in [-0.3, -0.25) is 9.69 Å². The van der Waals surface area contributed by atoms with Gasteiger partial charge in [0.25, 0.3) is 5.91 Å². The fourth-order valence-corrected chi connectivity index (χ4v) is 3.94.